The van der Waals surface area contributed by atoms with Crippen molar-refractivity contribution in [2.75, 3.05) is 11.9 Å². The average molecular weight is 430 g/mol. The van der Waals surface area contributed by atoms with Crippen molar-refractivity contribution >= 4 is 68.9 Å². The van der Waals surface area contributed by atoms with Crippen LogP contribution in [0.25, 0.3) is 10.9 Å². The molecular weight excluding hydrogens is 418 g/mol. The molecule has 0 bridgehead atoms. The average Bonchev–Trinajstić information content (AvgIpc) is 2.57. The minimum absolute atomic E-state index is 0.268. The number of carbonyl (C=O) groups excluding carboxylic acids is 1. The van der Waals surface area contributed by atoms with Crippen LogP contribution < -0.4 is 10.1 Å². The molecule has 0 aliphatic heterocycles. The summed E-state index contributed by atoms with van der Waals surface area (Å²) in [6.07, 6.45) is 0. The van der Waals surface area contributed by atoms with Crippen LogP contribution in [-0.2, 0) is 4.79 Å². The van der Waals surface area contributed by atoms with E-state index in [4.69, 9.17) is 51.1 Å². The number of ether oxygens (including phenoxy) is 1. The fourth-order valence-corrected chi connectivity index (χ4v) is 3.42. The van der Waals surface area contributed by atoms with Gasteiger partial charge in [0.05, 0.1) is 25.8 Å². The maximum absolute atomic E-state index is 12.2. The molecule has 0 fully saturated rings. The molecule has 3 aromatic rings. The highest BCUT2D eigenvalue weighted by Crippen LogP contribution is 2.37. The first-order valence-electron chi connectivity index (χ1n) is 7.49. The minimum Gasteiger partial charge on any atom is -0.480 e. The van der Waals surface area contributed by atoms with Crippen molar-refractivity contribution in [3.8, 4) is 5.75 Å². The zero-order chi connectivity index (χ0) is 18.8. The minimum atomic E-state index is -0.438. The lowest BCUT2D eigenvalue weighted by Crippen LogP contribution is -2.20. The SMILES string of the molecule is Cc1ccc2c(Cl)cc(Cl)c(OCC(=O)Nc3c(Cl)cccc3Cl)c2n1. The fraction of sp³-hybridized carbons (Fsp3) is 0.111. The Morgan fingerprint density at radius 3 is 2.42 bits per heavy atom. The number of halogens is 4. The monoisotopic (exact) mass is 428 g/mol. The van der Waals surface area contributed by atoms with Gasteiger partial charge in [0.25, 0.3) is 5.91 Å². The third-order valence-electron chi connectivity index (χ3n) is 3.55. The summed E-state index contributed by atoms with van der Waals surface area (Å²) in [4.78, 5) is 16.6. The van der Waals surface area contributed by atoms with Gasteiger partial charge in [0, 0.05) is 11.1 Å². The molecule has 0 saturated carbocycles. The van der Waals surface area contributed by atoms with Crippen molar-refractivity contribution in [3.05, 3.63) is 62.2 Å². The highest BCUT2D eigenvalue weighted by molar-refractivity contribution is 6.40. The van der Waals surface area contributed by atoms with E-state index in [1.807, 2.05) is 19.1 Å². The van der Waals surface area contributed by atoms with Crippen molar-refractivity contribution in [2.45, 2.75) is 6.92 Å². The largest absolute Gasteiger partial charge is 0.480 e. The van der Waals surface area contributed by atoms with Crippen LogP contribution in [0.2, 0.25) is 20.1 Å². The number of benzene rings is 2. The highest BCUT2D eigenvalue weighted by atomic mass is 35.5. The number of carbonyl (C=O) groups is 1. The second-order valence-electron chi connectivity index (χ2n) is 5.45. The Balaban J connectivity index is 1.84. The smallest absolute Gasteiger partial charge is 0.262 e. The number of aromatic nitrogens is 1. The first-order chi connectivity index (χ1) is 12.4. The molecule has 0 aliphatic rings. The molecule has 0 unspecified atom stereocenters. The number of fused-ring (bicyclic) bond motifs is 1. The summed E-state index contributed by atoms with van der Waals surface area (Å²) >= 11 is 24.5. The molecule has 3 rings (SSSR count). The van der Waals surface area contributed by atoms with E-state index < -0.39 is 5.91 Å². The summed E-state index contributed by atoms with van der Waals surface area (Å²) in [5.41, 5.74) is 1.59. The maximum atomic E-state index is 12.2. The Kier molecular flexibility index (Phi) is 5.78. The molecule has 134 valence electrons. The molecule has 1 aromatic heterocycles. The van der Waals surface area contributed by atoms with E-state index in [1.54, 1.807) is 24.3 Å². The summed E-state index contributed by atoms with van der Waals surface area (Å²) in [6.45, 7) is 1.54. The molecule has 2 aromatic carbocycles. The Labute approximate surface area is 170 Å². The van der Waals surface area contributed by atoms with E-state index >= 15 is 0 Å². The lowest BCUT2D eigenvalue weighted by atomic mass is 10.2. The van der Waals surface area contributed by atoms with Gasteiger partial charge in [-0.2, -0.15) is 0 Å². The number of hydrogen-bond donors (Lipinski definition) is 1. The van der Waals surface area contributed by atoms with Gasteiger partial charge in [0.15, 0.2) is 12.4 Å². The second-order valence-corrected chi connectivity index (χ2v) is 7.08. The zero-order valence-corrected chi connectivity index (χ0v) is 16.5. The van der Waals surface area contributed by atoms with E-state index in [0.29, 0.717) is 31.7 Å². The summed E-state index contributed by atoms with van der Waals surface area (Å²) in [7, 11) is 0. The summed E-state index contributed by atoms with van der Waals surface area (Å²) in [5.74, 6) is -0.151. The first-order valence-corrected chi connectivity index (χ1v) is 9.00. The fourth-order valence-electron chi connectivity index (χ4n) is 2.36. The van der Waals surface area contributed by atoms with E-state index in [0.717, 1.165) is 5.69 Å². The molecule has 1 heterocycles. The number of para-hydroxylation sites is 1. The predicted octanol–water partition coefficient (Wildman–Crippen LogP) is 6.17. The Hall–Kier alpha value is -1.72. The van der Waals surface area contributed by atoms with Crippen molar-refractivity contribution in [1.29, 1.82) is 0 Å². The summed E-state index contributed by atoms with van der Waals surface area (Å²) in [5, 5.41) is 4.69. The molecular formula is C18H12Cl4N2O2. The van der Waals surface area contributed by atoms with Crippen LogP contribution in [0, 0.1) is 6.92 Å². The van der Waals surface area contributed by atoms with Gasteiger partial charge in [-0.3, -0.25) is 4.79 Å². The van der Waals surface area contributed by atoms with Gasteiger partial charge >= 0.3 is 0 Å². The summed E-state index contributed by atoms with van der Waals surface area (Å²) in [6, 6.07) is 10.1. The van der Waals surface area contributed by atoms with Crippen LogP contribution >= 0.6 is 46.4 Å². The topological polar surface area (TPSA) is 51.2 Å². The Morgan fingerprint density at radius 1 is 1.04 bits per heavy atom. The zero-order valence-electron chi connectivity index (χ0n) is 13.4. The quantitative estimate of drug-likeness (QED) is 0.539. The van der Waals surface area contributed by atoms with Gasteiger partial charge < -0.3 is 10.1 Å². The molecule has 1 amide bonds. The van der Waals surface area contributed by atoms with Crippen LogP contribution in [0.3, 0.4) is 0 Å². The lowest BCUT2D eigenvalue weighted by Gasteiger charge is -2.13. The summed E-state index contributed by atoms with van der Waals surface area (Å²) < 4.78 is 5.62. The van der Waals surface area contributed by atoms with E-state index in [2.05, 4.69) is 10.3 Å². The van der Waals surface area contributed by atoms with Crippen molar-refractivity contribution in [1.82, 2.24) is 4.98 Å². The van der Waals surface area contributed by atoms with Crippen molar-refractivity contribution in [3.63, 3.8) is 0 Å². The van der Waals surface area contributed by atoms with Crippen LogP contribution in [0.1, 0.15) is 5.69 Å². The number of aryl methyl sites for hydroxylation is 1. The number of nitrogens with one attached hydrogen (secondary N) is 1. The van der Waals surface area contributed by atoms with Crippen molar-refractivity contribution < 1.29 is 9.53 Å². The molecule has 1 N–H and O–H groups in total. The molecule has 26 heavy (non-hydrogen) atoms. The number of nitrogens with zero attached hydrogens (tertiary/aromatic N) is 1. The van der Waals surface area contributed by atoms with Gasteiger partial charge in [-0.1, -0.05) is 52.5 Å². The van der Waals surface area contributed by atoms with E-state index in [-0.39, 0.29) is 17.4 Å². The molecule has 0 radical (unpaired) electrons. The molecule has 0 saturated heterocycles. The van der Waals surface area contributed by atoms with E-state index in [9.17, 15) is 4.79 Å². The van der Waals surface area contributed by atoms with Gasteiger partial charge in [0.1, 0.15) is 5.52 Å². The maximum Gasteiger partial charge on any atom is 0.262 e. The van der Waals surface area contributed by atoms with Crippen LogP contribution in [0.4, 0.5) is 5.69 Å². The molecule has 0 atom stereocenters. The normalized spacial score (nSPS) is 10.8. The van der Waals surface area contributed by atoms with Crippen LogP contribution in [-0.4, -0.2) is 17.5 Å². The van der Waals surface area contributed by atoms with Crippen LogP contribution in [0.15, 0.2) is 36.4 Å². The third kappa shape index (κ3) is 3.99. The molecule has 0 aliphatic carbocycles. The van der Waals surface area contributed by atoms with Crippen LogP contribution in [0.5, 0.6) is 5.75 Å². The number of rotatable bonds is 4. The molecule has 4 nitrogen and oxygen atoms in total. The van der Waals surface area contributed by atoms with Gasteiger partial charge in [-0.05, 0) is 37.3 Å². The standard InChI is InChI=1S/C18H12Cl4N2O2/c1-9-5-6-10-13(21)7-14(22)18(16(10)23-9)26-8-15(25)24-17-11(19)3-2-4-12(17)20/h2-7H,8H2,1H3,(H,24,25). The number of hydrogen-bond acceptors (Lipinski definition) is 3. The molecule has 0 spiro atoms. The Bertz CT molecular complexity index is 988. The van der Waals surface area contributed by atoms with Crippen molar-refractivity contribution in [2.24, 2.45) is 0 Å². The lowest BCUT2D eigenvalue weighted by molar-refractivity contribution is -0.118. The highest BCUT2D eigenvalue weighted by Gasteiger charge is 2.16. The number of pyridine rings is 1. The van der Waals surface area contributed by atoms with E-state index in [1.165, 1.54) is 0 Å². The Morgan fingerprint density at radius 2 is 1.73 bits per heavy atom. The van der Waals surface area contributed by atoms with Gasteiger partial charge in [-0.25, -0.2) is 4.98 Å². The number of amides is 1. The van der Waals surface area contributed by atoms with Gasteiger partial charge in [0.2, 0.25) is 0 Å². The van der Waals surface area contributed by atoms with Gasteiger partial charge in [-0.15, -0.1) is 0 Å². The molecule has 8 heteroatoms. The first kappa shape index (κ1) is 19.1. The second kappa shape index (κ2) is 7.89. The third-order valence-corrected chi connectivity index (χ3v) is 4.78. The predicted molar refractivity (Wildman–Crippen MR) is 107 cm³/mol. The number of anilines is 1.